The number of hydrogen-bond acceptors (Lipinski definition) is 4. The van der Waals surface area contributed by atoms with Crippen LogP contribution in [-0.4, -0.2) is 17.7 Å². The van der Waals surface area contributed by atoms with Gasteiger partial charge in [-0.1, -0.05) is 182 Å². The molecule has 6 aromatic rings. The summed E-state index contributed by atoms with van der Waals surface area (Å²) in [5.41, 5.74) is 0. The van der Waals surface area contributed by atoms with E-state index in [1.54, 1.807) is 72.8 Å². The fourth-order valence-corrected chi connectivity index (χ4v) is 27.1. The lowest BCUT2D eigenvalue weighted by Crippen LogP contribution is -2.25. The predicted molar refractivity (Wildman–Crippen MR) is 201 cm³/mol. The molecular formula is C39H36O4P4. The zero-order valence-corrected chi connectivity index (χ0v) is 29.4. The summed E-state index contributed by atoms with van der Waals surface area (Å²) < 4.78 is 63.0. The Kier molecular flexibility index (Phi) is 9.98. The molecule has 0 N–H and O–H groups in total. The van der Waals surface area contributed by atoms with E-state index >= 15 is 18.3 Å². The third-order valence-electron chi connectivity index (χ3n) is 8.41. The molecule has 0 spiro atoms. The summed E-state index contributed by atoms with van der Waals surface area (Å²) in [6, 6.07) is 54.7. The van der Waals surface area contributed by atoms with Crippen LogP contribution in [-0.2, 0) is 18.3 Å². The van der Waals surface area contributed by atoms with Crippen LogP contribution in [0.3, 0.4) is 0 Å². The van der Waals surface area contributed by atoms with Crippen molar-refractivity contribution in [2.45, 2.75) is 0 Å². The fourth-order valence-electron chi connectivity index (χ4n) is 6.17. The third kappa shape index (κ3) is 7.09. The summed E-state index contributed by atoms with van der Waals surface area (Å²) in [6.07, 6.45) is 0. The second-order valence-electron chi connectivity index (χ2n) is 11.7. The molecule has 0 aliphatic rings. The highest BCUT2D eigenvalue weighted by Crippen LogP contribution is 2.72. The van der Waals surface area contributed by atoms with Crippen molar-refractivity contribution < 1.29 is 18.3 Å². The molecule has 0 saturated carbocycles. The molecule has 6 aromatic carbocycles. The molecule has 0 aliphatic heterocycles. The van der Waals surface area contributed by atoms with E-state index in [0.717, 1.165) is 0 Å². The van der Waals surface area contributed by atoms with Crippen molar-refractivity contribution >= 4 is 60.4 Å². The van der Waals surface area contributed by atoms with Gasteiger partial charge in [0.25, 0.3) is 0 Å². The van der Waals surface area contributed by atoms with Gasteiger partial charge < -0.3 is 18.3 Å². The minimum atomic E-state index is -3.87. The Morgan fingerprint density at radius 3 is 0.553 bits per heavy atom. The Bertz CT molecular complexity index is 1730. The molecule has 0 radical (unpaired) electrons. The first-order valence-electron chi connectivity index (χ1n) is 15.4. The van der Waals surface area contributed by atoms with Gasteiger partial charge in [-0.2, -0.15) is 0 Å². The monoisotopic (exact) mass is 692 g/mol. The van der Waals surface area contributed by atoms with E-state index < -0.39 is 28.6 Å². The lowest BCUT2D eigenvalue weighted by atomic mass is 10.4. The molecule has 47 heavy (non-hydrogen) atoms. The van der Waals surface area contributed by atoms with Crippen molar-refractivity contribution in [1.82, 2.24) is 0 Å². The van der Waals surface area contributed by atoms with Crippen LogP contribution in [0.25, 0.3) is 0 Å². The largest absolute Gasteiger partial charge is 0.322 e. The van der Waals surface area contributed by atoms with Crippen LogP contribution in [0.1, 0.15) is 0 Å². The average molecular weight is 693 g/mol. The Hall–Kier alpha value is -3.76. The highest BCUT2D eigenvalue weighted by atomic mass is 31.3. The number of rotatable bonds is 12. The van der Waals surface area contributed by atoms with Crippen LogP contribution < -0.4 is 31.8 Å². The van der Waals surface area contributed by atoms with Crippen LogP contribution in [0.5, 0.6) is 0 Å². The van der Waals surface area contributed by atoms with Gasteiger partial charge in [0.05, 0.1) is 17.7 Å². The minimum Gasteiger partial charge on any atom is -0.322 e. The minimum absolute atomic E-state index is 0.249. The van der Waals surface area contributed by atoms with Gasteiger partial charge >= 0.3 is 0 Å². The Morgan fingerprint density at radius 2 is 0.404 bits per heavy atom. The molecule has 0 aliphatic carbocycles. The second kappa shape index (κ2) is 14.2. The molecule has 236 valence electrons. The first-order valence-corrected chi connectivity index (χ1v) is 23.4. The van der Waals surface area contributed by atoms with Crippen LogP contribution in [0, 0.1) is 0 Å². The summed E-state index contributed by atoms with van der Waals surface area (Å²) in [5, 5.41) is 3.39. The zero-order chi connectivity index (χ0) is 32.8. The summed E-state index contributed by atoms with van der Waals surface area (Å²) >= 11 is 0. The molecule has 0 saturated heterocycles. The summed E-state index contributed by atoms with van der Waals surface area (Å²) in [6.45, 7) is 0. The predicted octanol–water partition coefficient (Wildman–Crippen LogP) is 8.26. The molecule has 0 fully saturated rings. The molecule has 0 unspecified atom stereocenters. The van der Waals surface area contributed by atoms with Gasteiger partial charge in [-0.15, -0.1) is 0 Å². The van der Waals surface area contributed by atoms with Crippen molar-refractivity contribution in [2.24, 2.45) is 0 Å². The molecular weight excluding hydrogens is 656 g/mol. The smallest absolute Gasteiger partial charge is 0.150 e. The van der Waals surface area contributed by atoms with Gasteiger partial charge in [0.2, 0.25) is 0 Å². The van der Waals surface area contributed by atoms with E-state index in [0.29, 0.717) is 31.8 Å². The summed E-state index contributed by atoms with van der Waals surface area (Å²) in [7, 11) is -14.6. The quantitative estimate of drug-likeness (QED) is 0.121. The topological polar surface area (TPSA) is 68.3 Å². The van der Waals surface area contributed by atoms with Crippen molar-refractivity contribution in [3.05, 3.63) is 182 Å². The molecule has 0 amide bonds. The summed E-state index contributed by atoms with van der Waals surface area (Å²) in [5.74, 6) is -0.746. The van der Waals surface area contributed by atoms with E-state index in [9.17, 15) is 0 Å². The lowest BCUT2D eigenvalue weighted by Gasteiger charge is -2.32. The molecule has 6 rings (SSSR count). The van der Waals surface area contributed by atoms with Gasteiger partial charge in [-0.25, -0.2) is 0 Å². The zero-order valence-electron chi connectivity index (χ0n) is 25.9. The Balaban J connectivity index is 1.60. The number of benzene rings is 6. The van der Waals surface area contributed by atoms with Crippen LogP contribution in [0.4, 0.5) is 0 Å². The SMILES string of the molecule is O=P(CP(=O)(c1ccccc1)c1ccccc1)(CP(=O)(c1ccccc1)c1ccccc1)CP(=O)(c1ccccc1)c1ccccc1. The van der Waals surface area contributed by atoms with E-state index in [1.165, 1.54) is 0 Å². The van der Waals surface area contributed by atoms with Gasteiger partial charge in [0, 0.05) is 31.8 Å². The maximum absolute atomic E-state index is 16.2. The summed E-state index contributed by atoms with van der Waals surface area (Å²) in [4.78, 5) is 0. The molecule has 0 atom stereocenters. The first kappa shape index (κ1) is 33.2. The van der Waals surface area contributed by atoms with E-state index in [1.807, 2.05) is 109 Å². The van der Waals surface area contributed by atoms with Gasteiger partial charge in [-0.3, -0.25) is 0 Å². The fraction of sp³-hybridized carbons (Fsp3) is 0.0769. The standard InChI is InChI=1S/C39H36O4P4/c40-44(31-45(41,34-19-7-1-8-20-34)35-21-9-2-10-22-35,32-46(42,36-23-11-3-12-24-36)37-25-13-4-14-26-37)33-47(43,38-27-15-5-16-28-38)39-29-17-6-18-30-39/h1-30H,31-33H2. The van der Waals surface area contributed by atoms with E-state index in [4.69, 9.17) is 0 Å². The molecule has 0 bridgehead atoms. The van der Waals surface area contributed by atoms with Crippen LogP contribution in [0.15, 0.2) is 182 Å². The van der Waals surface area contributed by atoms with Crippen molar-refractivity contribution in [3.8, 4) is 0 Å². The Labute approximate surface area is 277 Å². The van der Waals surface area contributed by atoms with Gasteiger partial charge in [0.15, 0.2) is 0 Å². The maximum Gasteiger partial charge on any atom is 0.150 e. The van der Waals surface area contributed by atoms with Gasteiger partial charge in [-0.05, 0) is 0 Å². The van der Waals surface area contributed by atoms with Crippen molar-refractivity contribution in [1.29, 1.82) is 0 Å². The average Bonchev–Trinajstić information content (AvgIpc) is 3.13. The van der Waals surface area contributed by atoms with Gasteiger partial charge in [0.1, 0.15) is 28.6 Å². The molecule has 8 heteroatoms. The van der Waals surface area contributed by atoms with E-state index in [-0.39, 0.29) is 17.7 Å². The molecule has 4 nitrogen and oxygen atoms in total. The number of hydrogen-bond donors (Lipinski definition) is 0. The normalized spacial score (nSPS) is 12.4. The van der Waals surface area contributed by atoms with Crippen LogP contribution in [0.2, 0.25) is 0 Å². The van der Waals surface area contributed by atoms with Crippen LogP contribution >= 0.6 is 28.6 Å². The highest BCUT2D eigenvalue weighted by molar-refractivity contribution is 8.00. The van der Waals surface area contributed by atoms with Crippen molar-refractivity contribution in [3.63, 3.8) is 0 Å². The third-order valence-corrected chi connectivity index (χ3v) is 26.2. The van der Waals surface area contributed by atoms with Crippen molar-refractivity contribution in [2.75, 3.05) is 17.7 Å². The maximum atomic E-state index is 16.2. The lowest BCUT2D eigenvalue weighted by molar-refractivity contribution is 0.573. The highest BCUT2D eigenvalue weighted by Gasteiger charge is 2.47. The molecule has 0 heterocycles. The first-order chi connectivity index (χ1) is 22.8. The Morgan fingerprint density at radius 1 is 0.255 bits per heavy atom. The molecule has 0 aromatic heterocycles. The second-order valence-corrected chi connectivity index (χ2v) is 24.8. The van der Waals surface area contributed by atoms with E-state index in [2.05, 4.69) is 0 Å².